The number of thiophene rings is 1. The van der Waals surface area contributed by atoms with E-state index in [-0.39, 0.29) is 24.2 Å². The van der Waals surface area contributed by atoms with Crippen molar-refractivity contribution in [2.45, 2.75) is 71.1 Å². The van der Waals surface area contributed by atoms with Gasteiger partial charge < -0.3 is 4.74 Å². The predicted molar refractivity (Wildman–Crippen MR) is 102 cm³/mol. The third-order valence-electron chi connectivity index (χ3n) is 5.30. The van der Waals surface area contributed by atoms with E-state index >= 15 is 0 Å². The molecule has 2 heterocycles. The second-order valence-corrected chi connectivity index (χ2v) is 9.37. The zero-order valence-corrected chi connectivity index (χ0v) is 16.9. The van der Waals surface area contributed by atoms with Gasteiger partial charge in [0.05, 0.1) is 12.3 Å². The summed E-state index contributed by atoms with van der Waals surface area (Å²) in [6.45, 7) is 7.03. The van der Waals surface area contributed by atoms with Crippen LogP contribution >= 0.6 is 11.3 Å². The van der Waals surface area contributed by atoms with Crippen LogP contribution in [0.4, 0.5) is 8.78 Å². The first kappa shape index (κ1) is 19.6. The van der Waals surface area contributed by atoms with E-state index in [0.717, 1.165) is 34.6 Å². The monoisotopic (exact) mass is 382 g/mol. The number of aromatic nitrogens is 2. The first-order chi connectivity index (χ1) is 12.2. The number of fused-ring (bicyclic) bond motifs is 1. The van der Waals surface area contributed by atoms with Gasteiger partial charge in [0.2, 0.25) is 5.92 Å². The molecule has 2 aromatic rings. The molecule has 1 aliphatic carbocycles. The third kappa shape index (κ3) is 4.58. The van der Waals surface area contributed by atoms with Crippen molar-refractivity contribution in [1.29, 1.82) is 0 Å². The highest BCUT2D eigenvalue weighted by Crippen LogP contribution is 2.44. The highest BCUT2D eigenvalue weighted by Gasteiger charge is 2.36. The minimum Gasteiger partial charge on any atom is -0.384 e. The van der Waals surface area contributed by atoms with Crippen molar-refractivity contribution in [3.8, 4) is 0 Å². The summed E-state index contributed by atoms with van der Waals surface area (Å²) in [7, 11) is 1.73. The molecular weight excluding hydrogens is 354 g/mol. The van der Waals surface area contributed by atoms with Crippen LogP contribution in [0.5, 0.6) is 0 Å². The number of rotatable bonds is 6. The molecule has 0 radical (unpaired) electrons. The van der Waals surface area contributed by atoms with Crippen molar-refractivity contribution >= 4 is 21.6 Å². The molecule has 0 N–H and O–H groups in total. The second-order valence-electron chi connectivity index (χ2n) is 8.31. The first-order valence-corrected chi connectivity index (χ1v) is 10.1. The molecule has 0 saturated heterocycles. The van der Waals surface area contributed by atoms with E-state index in [1.54, 1.807) is 18.4 Å². The molecule has 1 aliphatic rings. The van der Waals surface area contributed by atoms with Gasteiger partial charge in [0.25, 0.3) is 0 Å². The van der Waals surface area contributed by atoms with Crippen LogP contribution in [0.3, 0.4) is 0 Å². The summed E-state index contributed by atoms with van der Waals surface area (Å²) < 4.78 is 32.2. The number of halogens is 2. The molecule has 0 aliphatic heterocycles. The average Bonchev–Trinajstić information content (AvgIpc) is 2.96. The van der Waals surface area contributed by atoms with Gasteiger partial charge in [0, 0.05) is 30.2 Å². The van der Waals surface area contributed by atoms with Gasteiger partial charge in [-0.05, 0) is 50.0 Å². The molecule has 0 spiro atoms. The van der Waals surface area contributed by atoms with Gasteiger partial charge in [-0.2, -0.15) is 0 Å². The fraction of sp³-hybridized carbons (Fsp3) is 0.700. The molecule has 1 saturated carbocycles. The van der Waals surface area contributed by atoms with Gasteiger partial charge in [-0.15, -0.1) is 11.3 Å². The van der Waals surface area contributed by atoms with Crippen LogP contribution in [0.15, 0.2) is 6.07 Å². The van der Waals surface area contributed by atoms with Crippen molar-refractivity contribution in [1.82, 2.24) is 9.97 Å². The first-order valence-electron chi connectivity index (χ1n) is 9.33. The second kappa shape index (κ2) is 7.47. The lowest BCUT2D eigenvalue weighted by molar-refractivity contribution is -0.0379. The Kier molecular flexibility index (Phi) is 5.63. The lowest BCUT2D eigenvalue weighted by atomic mass is 9.85. The number of methoxy groups -OCH3 is 1. The summed E-state index contributed by atoms with van der Waals surface area (Å²) in [5.74, 6) is -1.48. The van der Waals surface area contributed by atoms with Crippen molar-refractivity contribution in [2.75, 3.05) is 13.7 Å². The molecule has 1 fully saturated rings. The van der Waals surface area contributed by atoms with Crippen molar-refractivity contribution in [2.24, 2.45) is 5.41 Å². The maximum absolute atomic E-state index is 13.5. The number of alkyl halides is 2. The fourth-order valence-corrected chi connectivity index (χ4v) is 5.02. The largest absolute Gasteiger partial charge is 0.384 e. The Balaban J connectivity index is 1.82. The van der Waals surface area contributed by atoms with Gasteiger partial charge in [0.15, 0.2) is 0 Å². The minimum absolute atomic E-state index is 0.00528. The molecule has 0 unspecified atom stereocenters. The molecule has 26 heavy (non-hydrogen) atoms. The fourth-order valence-electron chi connectivity index (χ4n) is 3.75. The third-order valence-corrected chi connectivity index (χ3v) is 6.49. The number of aryl methyl sites for hydroxylation is 2. The van der Waals surface area contributed by atoms with E-state index in [1.807, 2.05) is 6.92 Å². The van der Waals surface area contributed by atoms with E-state index in [0.29, 0.717) is 19.4 Å². The van der Waals surface area contributed by atoms with E-state index < -0.39 is 5.92 Å². The maximum atomic E-state index is 13.5. The summed E-state index contributed by atoms with van der Waals surface area (Å²) >= 11 is 1.66. The summed E-state index contributed by atoms with van der Waals surface area (Å²) in [5.41, 5.74) is 1.16. The van der Waals surface area contributed by atoms with Gasteiger partial charge in [-0.25, -0.2) is 18.7 Å². The van der Waals surface area contributed by atoms with Gasteiger partial charge >= 0.3 is 0 Å². The molecule has 0 amide bonds. The highest BCUT2D eigenvalue weighted by molar-refractivity contribution is 7.18. The van der Waals surface area contributed by atoms with Gasteiger partial charge in [-0.1, -0.05) is 13.8 Å². The van der Waals surface area contributed by atoms with Gasteiger partial charge in [0.1, 0.15) is 10.7 Å². The summed E-state index contributed by atoms with van der Waals surface area (Å²) in [6.07, 6.45) is 2.95. The van der Waals surface area contributed by atoms with E-state index in [9.17, 15) is 8.78 Å². The summed E-state index contributed by atoms with van der Waals surface area (Å²) in [5, 5.41) is 1.10. The van der Waals surface area contributed by atoms with Crippen LogP contribution < -0.4 is 0 Å². The molecule has 0 aromatic carbocycles. The summed E-state index contributed by atoms with van der Waals surface area (Å²) in [4.78, 5) is 11.5. The molecule has 6 heteroatoms. The Hall–Kier alpha value is -1.14. The summed E-state index contributed by atoms with van der Waals surface area (Å²) in [6, 6.07) is 2.16. The Morgan fingerprint density at radius 1 is 1.27 bits per heavy atom. The van der Waals surface area contributed by atoms with Crippen LogP contribution in [-0.4, -0.2) is 29.6 Å². The molecule has 0 atom stereocenters. The number of ether oxygens (including phenoxy) is 1. The Bertz CT molecular complexity index is 763. The Labute approximate surface area is 158 Å². The predicted octanol–water partition coefficient (Wildman–Crippen LogP) is 5.90. The normalized spacial score (nSPS) is 18.5. The smallest absolute Gasteiger partial charge is 0.248 e. The SMILES string of the molecule is COCC(C)(C)CCc1nc(C)nc2sc(C3CCC(F)(F)CC3)cc12. The lowest BCUT2D eigenvalue weighted by Gasteiger charge is -2.27. The number of hydrogen-bond donors (Lipinski definition) is 0. The van der Waals surface area contributed by atoms with Crippen molar-refractivity contribution < 1.29 is 13.5 Å². The van der Waals surface area contributed by atoms with E-state index in [2.05, 4.69) is 29.9 Å². The quantitative estimate of drug-likeness (QED) is 0.624. The van der Waals surface area contributed by atoms with Gasteiger partial charge in [-0.3, -0.25) is 0 Å². The topological polar surface area (TPSA) is 35.0 Å². The van der Waals surface area contributed by atoms with Crippen LogP contribution in [0, 0.1) is 12.3 Å². The van der Waals surface area contributed by atoms with E-state index in [1.165, 1.54) is 4.88 Å². The van der Waals surface area contributed by atoms with E-state index in [4.69, 9.17) is 4.74 Å². The molecule has 3 rings (SSSR count). The van der Waals surface area contributed by atoms with Crippen LogP contribution in [0.25, 0.3) is 10.2 Å². The molecular formula is C20H28F2N2OS. The van der Waals surface area contributed by atoms with Crippen LogP contribution in [-0.2, 0) is 11.2 Å². The van der Waals surface area contributed by atoms with Crippen molar-refractivity contribution in [3.05, 3.63) is 22.5 Å². The van der Waals surface area contributed by atoms with Crippen LogP contribution in [0.1, 0.15) is 68.3 Å². The van der Waals surface area contributed by atoms with Crippen LogP contribution in [0.2, 0.25) is 0 Å². The minimum atomic E-state index is -2.48. The Morgan fingerprint density at radius 3 is 2.62 bits per heavy atom. The lowest BCUT2D eigenvalue weighted by Crippen LogP contribution is -2.23. The molecule has 3 nitrogen and oxygen atoms in total. The zero-order valence-electron chi connectivity index (χ0n) is 16.1. The maximum Gasteiger partial charge on any atom is 0.248 e. The molecule has 2 aromatic heterocycles. The molecule has 144 valence electrons. The zero-order chi connectivity index (χ0) is 18.9. The highest BCUT2D eigenvalue weighted by atomic mass is 32.1. The number of hydrogen-bond acceptors (Lipinski definition) is 4. The van der Waals surface area contributed by atoms with Crippen molar-refractivity contribution in [3.63, 3.8) is 0 Å². The molecule has 0 bridgehead atoms. The Morgan fingerprint density at radius 2 is 1.96 bits per heavy atom. The average molecular weight is 383 g/mol. The number of nitrogens with zero attached hydrogens (tertiary/aromatic N) is 2. The standard InChI is InChI=1S/C20H28F2N2OS/c1-13-23-16(7-8-19(2,3)12-25-4)15-11-17(26-18(15)24-13)14-5-9-20(21,22)10-6-14/h11,14H,5-10,12H2,1-4H3.